The molecular formula is C12H16N2O. The Kier molecular flexibility index (Phi) is 2.62. The molecule has 0 unspecified atom stereocenters. The van der Waals surface area contributed by atoms with E-state index in [0.717, 1.165) is 30.2 Å². The van der Waals surface area contributed by atoms with E-state index < -0.39 is 0 Å². The number of benzene rings is 1. The van der Waals surface area contributed by atoms with Gasteiger partial charge in [0.2, 0.25) is 0 Å². The zero-order valence-electron chi connectivity index (χ0n) is 9.45. The van der Waals surface area contributed by atoms with Crippen molar-refractivity contribution >= 4 is 17.1 Å². The van der Waals surface area contributed by atoms with E-state index in [4.69, 9.17) is 4.42 Å². The van der Waals surface area contributed by atoms with E-state index in [0.29, 0.717) is 0 Å². The van der Waals surface area contributed by atoms with Gasteiger partial charge in [-0.25, -0.2) is 0 Å². The lowest BCUT2D eigenvalue weighted by Gasteiger charge is -2.14. The molecule has 0 saturated heterocycles. The first-order chi connectivity index (χ1) is 7.24. The molecule has 0 bridgehead atoms. The van der Waals surface area contributed by atoms with Gasteiger partial charge in [-0.2, -0.15) is 4.98 Å². The molecule has 2 rings (SSSR count). The van der Waals surface area contributed by atoms with Crippen LogP contribution >= 0.6 is 0 Å². The molecule has 15 heavy (non-hydrogen) atoms. The highest BCUT2D eigenvalue weighted by Crippen LogP contribution is 2.22. The first kappa shape index (κ1) is 10.0. The lowest BCUT2D eigenvalue weighted by molar-refractivity contribution is 0.576. The molecule has 80 valence electrons. The van der Waals surface area contributed by atoms with Crippen molar-refractivity contribution in [1.82, 2.24) is 4.98 Å². The van der Waals surface area contributed by atoms with Crippen molar-refractivity contribution in [2.24, 2.45) is 0 Å². The molecule has 3 nitrogen and oxygen atoms in total. The van der Waals surface area contributed by atoms with E-state index in [9.17, 15) is 0 Å². The van der Waals surface area contributed by atoms with E-state index in [1.165, 1.54) is 5.56 Å². The molecule has 1 aromatic heterocycles. The molecule has 3 heteroatoms. The van der Waals surface area contributed by atoms with Crippen LogP contribution in [0, 0.1) is 6.92 Å². The summed E-state index contributed by atoms with van der Waals surface area (Å²) in [5.41, 5.74) is 3.02. The quantitative estimate of drug-likeness (QED) is 0.769. The molecule has 0 aliphatic heterocycles. The van der Waals surface area contributed by atoms with E-state index in [-0.39, 0.29) is 0 Å². The Morgan fingerprint density at radius 1 is 1.27 bits per heavy atom. The normalized spacial score (nSPS) is 10.9. The lowest BCUT2D eigenvalue weighted by atomic mass is 10.2. The second-order valence-corrected chi connectivity index (χ2v) is 3.64. The van der Waals surface area contributed by atoms with Crippen molar-refractivity contribution in [3.05, 3.63) is 23.8 Å². The van der Waals surface area contributed by atoms with Gasteiger partial charge in [0.25, 0.3) is 6.01 Å². The summed E-state index contributed by atoms with van der Waals surface area (Å²) in [6.45, 7) is 8.10. The maximum absolute atomic E-state index is 5.68. The first-order valence-electron chi connectivity index (χ1n) is 5.36. The third kappa shape index (κ3) is 1.82. The molecule has 0 aliphatic carbocycles. The smallest absolute Gasteiger partial charge is 0.298 e. The number of oxazole rings is 1. The number of hydrogen-bond acceptors (Lipinski definition) is 3. The largest absolute Gasteiger partial charge is 0.423 e. The highest BCUT2D eigenvalue weighted by molar-refractivity contribution is 5.75. The molecule has 1 aromatic carbocycles. The van der Waals surface area contributed by atoms with Crippen molar-refractivity contribution in [2.45, 2.75) is 20.8 Å². The fraction of sp³-hybridized carbons (Fsp3) is 0.417. The van der Waals surface area contributed by atoms with Gasteiger partial charge in [-0.3, -0.25) is 0 Å². The van der Waals surface area contributed by atoms with Gasteiger partial charge in [0.15, 0.2) is 5.58 Å². The van der Waals surface area contributed by atoms with Gasteiger partial charge < -0.3 is 9.32 Å². The van der Waals surface area contributed by atoms with Gasteiger partial charge in [-0.05, 0) is 38.5 Å². The molecule has 0 atom stereocenters. The number of hydrogen-bond donors (Lipinski definition) is 0. The van der Waals surface area contributed by atoms with Gasteiger partial charge in [0.05, 0.1) is 0 Å². The van der Waals surface area contributed by atoms with Crippen LogP contribution in [0.2, 0.25) is 0 Å². The van der Waals surface area contributed by atoms with E-state index in [1.807, 2.05) is 18.2 Å². The van der Waals surface area contributed by atoms with Crippen LogP contribution < -0.4 is 4.90 Å². The summed E-state index contributed by atoms with van der Waals surface area (Å²) in [5.74, 6) is 0. The van der Waals surface area contributed by atoms with Crippen LogP contribution in [0.1, 0.15) is 19.4 Å². The molecule has 0 fully saturated rings. The molecule has 0 aliphatic rings. The lowest BCUT2D eigenvalue weighted by Crippen LogP contribution is -2.21. The fourth-order valence-electron chi connectivity index (χ4n) is 1.65. The van der Waals surface area contributed by atoms with Crippen LogP contribution in [0.5, 0.6) is 0 Å². The van der Waals surface area contributed by atoms with E-state index in [1.54, 1.807) is 0 Å². The Bertz CT molecular complexity index is 458. The Morgan fingerprint density at radius 2 is 2.00 bits per heavy atom. The predicted octanol–water partition coefficient (Wildman–Crippen LogP) is 2.98. The summed E-state index contributed by atoms with van der Waals surface area (Å²) in [5, 5.41) is 0. The van der Waals surface area contributed by atoms with E-state index in [2.05, 4.69) is 30.7 Å². The predicted molar refractivity (Wildman–Crippen MR) is 62.3 cm³/mol. The van der Waals surface area contributed by atoms with Crippen LogP contribution in [0.3, 0.4) is 0 Å². The molecule has 2 aromatic rings. The van der Waals surface area contributed by atoms with Crippen LogP contribution in [-0.2, 0) is 0 Å². The van der Waals surface area contributed by atoms with Gasteiger partial charge in [0, 0.05) is 13.1 Å². The third-order valence-corrected chi connectivity index (χ3v) is 2.57. The van der Waals surface area contributed by atoms with Crippen LogP contribution in [-0.4, -0.2) is 18.1 Å². The summed E-state index contributed by atoms with van der Waals surface area (Å²) >= 11 is 0. The van der Waals surface area contributed by atoms with Crippen molar-refractivity contribution in [2.75, 3.05) is 18.0 Å². The second kappa shape index (κ2) is 3.93. The molecule has 0 spiro atoms. The topological polar surface area (TPSA) is 29.3 Å². The molecule has 0 radical (unpaired) electrons. The van der Waals surface area contributed by atoms with Gasteiger partial charge >= 0.3 is 0 Å². The molecule has 1 heterocycles. The maximum Gasteiger partial charge on any atom is 0.298 e. The standard InChI is InChI=1S/C12H16N2O/c1-4-14(5-2)12-13-10-8-9(3)6-7-11(10)15-12/h6-8H,4-5H2,1-3H3. The Labute approximate surface area is 89.7 Å². The Hall–Kier alpha value is -1.51. The number of fused-ring (bicyclic) bond motifs is 1. The van der Waals surface area contributed by atoms with Crippen LogP contribution in [0.4, 0.5) is 6.01 Å². The second-order valence-electron chi connectivity index (χ2n) is 3.64. The van der Waals surface area contributed by atoms with Crippen LogP contribution in [0.25, 0.3) is 11.1 Å². The van der Waals surface area contributed by atoms with Gasteiger partial charge in [-0.15, -0.1) is 0 Å². The monoisotopic (exact) mass is 204 g/mol. The average Bonchev–Trinajstić information content (AvgIpc) is 2.62. The SMILES string of the molecule is CCN(CC)c1nc2cc(C)ccc2o1. The van der Waals surface area contributed by atoms with Crippen molar-refractivity contribution < 1.29 is 4.42 Å². The number of nitrogens with zero attached hydrogens (tertiary/aromatic N) is 2. The highest BCUT2D eigenvalue weighted by Gasteiger charge is 2.10. The number of aromatic nitrogens is 1. The minimum absolute atomic E-state index is 0.723. The van der Waals surface area contributed by atoms with Gasteiger partial charge in [0.1, 0.15) is 5.52 Å². The van der Waals surface area contributed by atoms with Crippen molar-refractivity contribution in [3.8, 4) is 0 Å². The maximum atomic E-state index is 5.68. The molecule has 0 saturated carbocycles. The Balaban J connectivity index is 2.46. The zero-order valence-corrected chi connectivity index (χ0v) is 9.45. The zero-order chi connectivity index (χ0) is 10.8. The molecule has 0 amide bonds. The van der Waals surface area contributed by atoms with E-state index >= 15 is 0 Å². The van der Waals surface area contributed by atoms with Crippen molar-refractivity contribution in [1.29, 1.82) is 0 Å². The Morgan fingerprint density at radius 3 is 2.67 bits per heavy atom. The third-order valence-electron chi connectivity index (χ3n) is 2.57. The summed E-state index contributed by atoms with van der Waals surface area (Å²) in [4.78, 5) is 6.58. The minimum atomic E-state index is 0.723. The first-order valence-corrected chi connectivity index (χ1v) is 5.36. The highest BCUT2D eigenvalue weighted by atomic mass is 16.4. The fourth-order valence-corrected chi connectivity index (χ4v) is 1.65. The number of aryl methyl sites for hydroxylation is 1. The van der Waals surface area contributed by atoms with Gasteiger partial charge in [-0.1, -0.05) is 6.07 Å². The van der Waals surface area contributed by atoms with Crippen LogP contribution in [0.15, 0.2) is 22.6 Å². The number of rotatable bonds is 3. The summed E-state index contributed by atoms with van der Waals surface area (Å²) < 4.78 is 5.68. The average molecular weight is 204 g/mol. The summed E-state index contributed by atoms with van der Waals surface area (Å²) in [6.07, 6.45) is 0. The summed E-state index contributed by atoms with van der Waals surface area (Å²) in [7, 11) is 0. The van der Waals surface area contributed by atoms with Crippen molar-refractivity contribution in [3.63, 3.8) is 0 Å². The number of anilines is 1. The molecular weight excluding hydrogens is 188 g/mol. The minimum Gasteiger partial charge on any atom is -0.423 e. The molecule has 0 N–H and O–H groups in total. The summed E-state index contributed by atoms with van der Waals surface area (Å²) in [6, 6.07) is 6.79.